The topological polar surface area (TPSA) is 17.1 Å². The molecule has 1 aliphatic carbocycles. The van der Waals surface area contributed by atoms with Gasteiger partial charge in [0.15, 0.2) is 5.78 Å². The molecule has 0 radical (unpaired) electrons. The molecule has 0 fully saturated rings. The van der Waals surface area contributed by atoms with E-state index in [-0.39, 0.29) is 17.1 Å². The Morgan fingerprint density at radius 1 is 1.00 bits per heavy atom. The van der Waals surface area contributed by atoms with Crippen LogP contribution in [0, 0.1) is 0 Å². The Morgan fingerprint density at radius 2 is 1.68 bits per heavy atom. The van der Waals surface area contributed by atoms with Gasteiger partial charge in [-0.05, 0) is 22.1 Å². The highest BCUT2D eigenvalue weighted by Gasteiger charge is 2.24. The number of carbonyl (C=O) groups is 1. The first-order valence-corrected chi connectivity index (χ1v) is 7.86. The molecule has 0 N–H and O–H groups in total. The van der Waals surface area contributed by atoms with Crippen molar-refractivity contribution in [3.63, 3.8) is 0 Å². The van der Waals surface area contributed by atoms with E-state index in [1.807, 2.05) is 30.3 Å². The van der Waals surface area contributed by atoms with Crippen LogP contribution in [0.4, 0.5) is 0 Å². The Hall–Kier alpha value is -2.15. The van der Waals surface area contributed by atoms with Crippen molar-refractivity contribution in [2.75, 3.05) is 0 Å². The monoisotopic (exact) mass is 290 g/mol. The fourth-order valence-electron chi connectivity index (χ4n) is 3.19. The molecule has 0 saturated heterocycles. The van der Waals surface area contributed by atoms with Crippen LogP contribution in [-0.2, 0) is 5.41 Å². The molecule has 1 atom stereocenters. The molecule has 0 aromatic heterocycles. The summed E-state index contributed by atoms with van der Waals surface area (Å²) in [6.07, 6.45) is 4.83. The average Bonchev–Trinajstić information content (AvgIpc) is 2.90. The number of rotatable bonds is 3. The maximum atomic E-state index is 12.8. The maximum absolute atomic E-state index is 12.8. The molecule has 1 nitrogen and oxygen atoms in total. The molecule has 0 bridgehead atoms. The second-order valence-electron chi connectivity index (χ2n) is 7.02. The van der Waals surface area contributed by atoms with Crippen molar-refractivity contribution in [2.24, 2.45) is 0 Å². The molecule has 0 spiro atoms. The van der Waals surface area contributed by atoms with Crippen LogP contribution in [0.1, 0.15) is 60.2 Å². The summed E-state index contributed by atoms with van der Waals surface area (Å²) in [4.78, 5) is 12.8. The quantitative estimate of drug-likeness (QED) is 0.695. The molecule has 112 valence electrons. The minimum Gasteiger partial charge on any atom is -0.294 e. The SMILES string of the molecule is CC(C)(C)c1ccccc1C(=O)CC1C=Cc2ccccc21. The number of Topliss-reactive ketones (excluding diaryl/α,β-unsaturated/α-hetero) is 1. The van der Waals surface area contributed by atoms with Gasteiger partial charge in [0.25, 0.3) is 0 Å². The molecular formula is C21H22O. The summed E-state index contributed by atoms with van der Waals surface area (Å²) in [5.41, 5.74) is 4.49. The normalized spacial score (nSPS) is 16.6. The van der Waals surface area contributed by atoms with Crippen molar-refractivity contribution >= 4 is 11.9 Å². The van der Waals surface area contributed by atoms with Crippen LogP contribution in [0.15, 0.2) is 54.6 Å². The molecule has 0 saturated carbocycles. The van der Waals surface area contributed by atoms with E-state index >= 15 is 0 Å². The molecule has 1 unspecified atom stereocenters. The predicted octanol–water partition coefficient (Wildman–Crippen LogP) is 5.37. The minimum atomic E-state index is -0.0182. The van der Waals surface area contributed by atoms with Gasteiger partial charge < -0.3 is 0 Å². The Bertz CT molecular complexity index is 732. The standard InChI is InChI=1S/C21H22O/c1-21(2,3)19-11-7-6-10-18(19)20(22)14-16-13-12-15-8-4-5-9-17(15)16/h4-13,16H,14H2,1-3H3. The highest BCUT2D eigenvalue weighted by molar-refractivity contribution is 5.98. The van der Waals surface area contributed by atoms with Crippen LogP contribution in [0.5, 0.6) is 0 Å². The van der Waals surface area contributed by atoms with Crippen LogP contribution in [0.3, 0.4) is 0 Å². The summed E-state index contributed by atoms with van der Waals surface area (Å²) in [5, 5.41) is 0. The van der Waals surface area contributed by atoms with Crippen molar-refractivity contribution in [3.05, 3.63) is 76.9 Å². The fraction of sp³-hybridized carbons (Fsp3) is 0.286. The average molecular weight is 290 g/mol. The summed E-state index contributed by atoms with van der Waals surface area (Å²) in [7, 11) is 0. The summed E-state index contributed by atoms with van der Waals surface area (Å²) >= 11 is 0. The van der Waals surface area contributed by atoms with Crippen molar-refractivity contribution in [3.8, 4) is 0 Å². The van der Waals surface area contributed by atoms with Gasteiger partial charge in [0.05, 0.1) is 0 Å². The van der Waals surface area contributed by atoms with E-state index in [4.69, 9.17) is 0 Å². The lowest BCUT2D eigenvalue weighted by Crippen LogP contribution is -2.17. The number of benzene rings is 2. The van der Waals surface area contributed by atoms with Gasteiger partial charge in [-0.25, -0.2) is 0 Å². The lowest BCUT2D eigenvalue weighted by Gasteiger charge is -2.22. The van der Waals surface area contributed by atoms with Gasteiger partial charge in [0.1, 0.15) is 0 Å². The van der Waals surface area contributed by atoms with Crippen LogP contribution in [0.2, 0.25) is 0 Å². The minimum absolute atomic E-state index is 0.0182. The number of ketones is 1. The Balaban J connectivity index is 1.87. The van der Waals surface area contributed by atoms with Gasteiger partial charge in [0, 0.05) is 17.9 Å². The molecule has 1 aliphatic rings. The van der Waals surface area contributed by atoms with Crippen molar-refractivity contribution in [2.45, 2.75) is 38.5 Å². The summed E-state index contributed by atoms with van der Waals surface area (Å²) < 4.78 is 0. The summed E-state index contributed by atoms with van der Waals surface area (Å²) in [6, 6.07) is 16.3. The number of hydrogen-bond acceptors (Lipinski definition) is 1. The largest absolute Gasteiger partial charge is 0.294 e. The molecule has 1 heteroatoms. The fourth-order valence-corrected chi connectivity index (χ4v) is 3.19. The molecule has 2 aromatic carbocycles. The molecule has 0 amide bonds. The first kappa shape index (κ1) is 14.8. The van der Waals surface area contributed by atoms with Gasteiger partial charge in [0.2, 0.25) is 0 Å². The van der Waals surface area contributed by atoms with Crippen LogP contribution in [0.25, 0.3) is 6.08 Å². The number of fused-ring (bicyclic) bond motifs is 1. The Labute approximate surface area is 132 Å². The van der Waals surface area contributed by atoms with Gasteiger partial charge in [-0.15, -0.1) is 0 Å². The highest BCUT2D eigenvalue weighted by atomic mass is 16.1. The third-order valence-electron chi connectivity index (χ3n) is 4.34. The van der Waals surface area contributed by atoms with E-state index in [0.29, 0.717) is 6.42 Å². The van der Waals surface area contributed by atoms with Crippen LogP contribution in [-0.4, -0.2) is 5.78 Å². The van der Waals surface area contributed by atoms with E-state index in [1.54, 1.807) is 0 Å². The second-order valence-corrected chi connectivity index (χ2v) is 7.02. The van der Waals surface area contributed by atoms with Gasteiger partial charge in [-0.2, -0.15) is 0 Å². The smallest absolute Gasteiger partial charge is 0.164 e. The van der Waals surface area contributed by atoms with E-state index in [0.717, 1.165) is 11.1 Å². The summed E-state index contributed by atoms with van der Waals surface area (Å²) in [5.74, 6) is 0.439. The first-order valence-electron chi connectivity index (χ1n) is 7.86. The molecular weight excluding hydrogens is 268 g/mol. The van der Waals surface area contributed by atoms with E-state index in [1.165, 1.54) is 11.1 Å². The molecule has 2 aromatic rings. The van der Waals surface area contributed by atoms with Crippen LogP contribution < -0.4 is 0 Å². The third-order valence-corrected chi connectivity index (χ3v) is 4.34. The zero-order valence-corrected chi connectivity index (χ0v) is 13.5. The Morgan fingerprint density at radius 3 is 2.45 bits per heavy atom. The van der Waals surface area contributed by atoms with E-state index < -0.39 is 0 Å². The zero-order valence-electron chi connectivity index (χ0n) is 13.5. The molecule has 0 aliphatic heterocycles. The number of hydrogen-bond donors (Lipinski definition) is 0. The lowest BCUT2D eigenvalue weighted by molar-refractivity contribution is 0.0976. The zero-order chi connectivity index (χ0) is 15.7. The van der Waals surface area contributed by atoms with E-state index in [2.05, 4.69) is 51.1 Å². The maximum Gasteiger partial charge on any atom is 0.164 e. The van der Waals surface area contributed by atoms with Crippen LogP contribution >= 0.6 is 0 Å². The third kappa shape index (κ3) is 2.76. The van der Waals surface area contributed by atoms with Gasteiger partial charge in [-0.1, -0.05) is 81.5 Å². The number of allylic oxidation sites excluding steroid dienone is 1. The molecule has 0 heterocycles. The molecule has 3 rings (SSSR count). The number of carbonyl (C=O) groups excluding carboxylic acids is 1. The lowest BCUT2D eigenvalue weighted by atomic mass is 9.81. The van der Waals surface area contributed by atoms with E-state index in [9.17, 15) is 4.79 Å². The second kappa shape index (κ2) is 5.57. The van der Waals surface area contributed by atoms with Crippen molar-refractivity contribution < 1.29 is 4.79 Å². The Kier molecular flexibility index (Phi) is 3.74. The predicted molar refractivity (Wildman–Crippen MR) is 92.3 cm³/mol. The van der Waals surface area contributed by atoms with Crippen molar-refractivity contribution in [1.82, 2.24) is 0 Å². The van der Waals surface area contributed by atoms with Gasteiger partial charge >= 0.3 is 0 Å². The van der Waals surface area contributed by atoms with Gasteiger partial charge in [-0.3, -0.25) is 4.79 Å². The first-order chi connectivity index (χ1) is 10.5. The highest BCUT2D eigenvalue weighted by Crippen LogP contribution is 2.34. The van der Waals surface area contributed by atoms with Crippen molar-refractivity contribution in [1.29, 1.82) is 0 Å². The molecule has 22 heavy (non-hydrogen) atoms. The summed E-state index contributed by atoms with van der Waals surface area (Å²) in [6.45, 7) is 6.47.